The van der Waals surface area contributed by atoms with Crippen molar-refractivity contribution in [1.82, 2.24) is 20.8 Å². The molecule has 0 aliphatic heterocycles. The van der Waals surface area contributed by atoms with Gasteiger partial charge in [-0.25, -0.2) is 0 Å². The SMILES string of the molecule is CCNC(=O)[C@@H](C)NC(=O)CSc1nnc(-c2ccco2)o1. The molecule has 22 heavy (non-hydrogen) atoms. The van der Waals surface area contributed by atoms with Crippen molar-refractivity contribution in [1.29, 1.82) is 0 Å². The summed E-state index contributed by atoms with van der Waals surface area (Å²) in [7, 11) is 0. The molecule has 8 nitrogen and oxygen atoms in total. The van der Waals surface area contributed by atoms with E-state index < -0.39 is 6.04 Å². The highest BCUT2D eigenvalue weighted by Gasteiger charge is 2.16. The second-order valence-electron chi connectivity index (χ2n) is 4.32. The lowest BCUT2D eigenvalue weighted by molar-refractivity contribution is -0.127. The quantitative estimate of drug-likeness (QED) is 0.733. The van der Waals surface area contributed by atoms with Crippen molar-refractivity contribution < 1.29 is 18.4 Å². The van der Waals surface area contributed by atoms with Crippen LogP contribution in [0.2, 0.25) is 0 Å². The zero-order valence-corrected chi connectivity index (χ0v) is 13.0. The number of furan rings is 1. The van der Waals surface area contributed by atoms with Crippen LogP contribution >= 0.6 is 11.8 Å². The summed E-state index contributed by atoms with van der Waals surface area (Å²) < 4.78 is 10.5. The summed E-state index contributed by atoms with van der Waals surface area (Å²) in [5.41, 5.74) is 0. The Morgan fingerprint density at radius 2 is 2.23 bits per heavy atom. The predicted octanol–water partition coefficient (Wildman–Crippen LogP) is 1.06. The number of carbonyl (C=O) groups excluding carboxylic acids is 2. The lowest BCUT2D eigenvalue weighted by Crippen LogP contribution is -2.45. The zero-order valence-electron chi connectivity index (χ0n) is 12.2. The molecule has 0 unspecified atom stereocenters. The summed E-state index contributed by atoms with van der Waals surface area (Å²) in [6, 6.07) is 2.82. The van der Waals surface area contributed by atoms with Gasteiger partial charge in [-0.3, -0.25) is 9.59 Å². The highest BCUT2D eigenvalue weighted by Crippen LogP contribution is 2.23. The Kier molecular flexibility index (Phi) is 5.59. The van der Waals surface area contributed by atoms with Gasteiger partial charge in [-0.1, -0.05) is 11.8 Å². The van der Waals surface area contributed by atoms with Gasteiger partial charge in [-0.2, -0.15) is 0 Å². The molecule has 0 bridgehead atoms. The number of nitrogens with one attached hydrogen (secondary N) is 2. The summed E-state index contributed by atoms with van der Waals surface area (Å²) in [5, 5.41) is 13.1. The van der Waals surface area contributed by atoms with Gasteiger partial charge in [0.05, 0.1) is 12.0 Å². The van der Waals surface area contributed by atoms with E-state index in [1.807, 2.05) is 6.92 Å². The smallest absolute Gasteiger partial charge is 0.284 e. The Morgan fingerprint density at radius 1 is 1.41 bits per heavy atom. The maximum absolute atomic E-state index is 11.8. The van der Waals surface area contributed by atoms with Crippen molar-refractivity contribution in [2.75, 3.05) is 12.3 Å². The first kappa shape index (κ1) is 16.1. The Bertz CT molecular complexity index is 626. The van der Waals surface area contributed by atoms with Crippen LogP contribution in [-0.4, -0.2) is 40.4 Å². The lowest BCUT2D eigenvalue weighted by Gasteiger charge is -2.12. The molecule has 0 aliphatic rings. The van der Waals surface area contributed by atoms with Crippen LogP contribution in [0.3, 0.4) is 0 Å². The molecule has 2 aromatic rings. The van der Waals surface area contributed by atoms with Gasteiger partial charge >= 0.3 is 0 Å². The molecule has 0 fully saturated rings. The first-order valence-corrected chi connectivity index (χ1v) is 7.66. The monoisotopic (exact) mass is 324 g/mol. The minimum Gasteiger partial charge on any atom is -0.459 e. The van der Waals surface area contributed by atoms with Crippen molar-refractivity contribution in [2.24, 2.45) is 0 Å². The van der Waals surface area contributed by atoms with E-state index in [0.717, 1.165) is 11.8 Å². The molecule has 2 heterocycles. The maximum atomic E-state index is 11.8. The van der Waals surface area contributed by atoms with Crippen molar-refractivity contribution in [3.05, 3.63) is 18.4 Å². The number of nitrogens with zero attached hydrogens (tertiary/aromatic N) is 2. The van der Waals surface area contributed by atoms with E-state index in [2.05, 4.69) is 20.8 Å². The molecule has 0 saturated heterocycles. The number of hydrogen-bond donors (Lipinski definition) is 2. The van der Waals surface area contributed by atoms with E-state index in [1.165, 1.54) is 6.26 Å². The topological polar surface area (TPSA) is 110 Å². The molecule has 0 saturated carbocycles. The molecule has 0 radical (unpaired) electrons. The van der Waals surface area contributed by atoms with E-state index in [-0.39, 0.29) is 28.7 Å². The molecular weight excluding hydrogens is 308 g/mol. The third-order valence-corrected chi connectivity index (χ3v) is 3.41. The number of carbonyl (C=O) groups is 2. The summed E-state index contributed by atoms with van der Waals surface area (Å²) >= 11 is 1.09. The minimum atomic E-state index is -0.589. The van der Waals surface area contributed by atoms with Gasteiger partial charge in [-0.05, 0) is 26.0 Å². The summed E-state index contributed by atoms with van der Waals surface area (Å²) in [6.45, 7) is 3.95. The van der Waals surface area contributed by atoms with Crippen molar-refractivity contribution >= 4 is 23.6 Å². The van der Waals surface area contributed by atoms with Crippen LogP contribution in [0.15, 0.2) is 32.5 Å². The van der Waals surface area contributed by atoms with Gasteiger partial charge in [-0.15, -0.1) is 10.2 Å². The van der Waals surface area contributed by atoms with Crippen LogP contribution in [0.4, 0.5) is 0 Å². The molecule has 9 heteroatoms. The highest BCUT2D eigenvalue weighted by molar-refractivity contribution is 7.99. The van der Waals surface area contributed by atoms with E-state index in [0.29, 0.717) is 12.3 Å². The Morgan fingerprint density at radius 3 is 2.91 bits per heavy atom. The van der Waals surface area contributed by atoms with Gasteiger partial charge in [0.2, 0.25) is 11.8 Å². The molecular formula is C13H16N4O4S. The predicted molar refractivity (Wildman–Crippen MR) is 79.0 cm³/mol. The van der Waals surface area contributed by atoms with Gasteiger partial charge in [0.1, 0.15) is 6.04 Å². The number of amides is 2. The van der Waals surface area contributed by atoms with Crippen molar-refractivity contribution in [2.45, 2.75) is 25.1 Å². The van der Waals surface area contributed by atoms with Crippen LogP contribution in [0, 0.1) is 0 Å². The van der Waals surface area contributed by atoms with Crippen LogP contribution in [-0.2, 0) is 9.59 Å². The Hall–Kier alpha value is -2.29. The lowest BCUT2D eigenvalue weighted by atomic mass is 10.3. The van der Waals surface area contributed by atoms with Gasteiger partial charge < -0.3 is 19.5 Å². The van der Waals surface area contributed by atoms with Gasteiger partial charge in [0.25, 0.3) is 11.1 Å². The second kappa shape index (κ2) is 7.64. The highest BCUT2D eigenvalue weighted by atomic mass is 32.2. The molecule has 2 amide bonds. The van der Waals surface area contributed by atoms with Gasteiger partial charge in [0.15, 0.2) is 5.76 Å². The van der Waals surface area contributed by atoms with Crippen LogP contribution in [0.5, 0.6) is 0 Å². The minimum absolute atomic E-state index is 0.0729. The molecule has 0 aromatic carbocycles. The zero-order chi connectivity index (χ0) is 15.9. The molecule has 1 atom stereocenters. The average Bonchev–Trinajstić information content (AvgIpc) is 3.16. The molecule has 0 spiro atoms. The van der Waals surface area contributed by atoms with Crippen LogP contribution in [0.1, 0.15) is 13.8 Å². The normalized spacial score (nSPS) is 11.9. The standard InChI is InChI=1S/C13H16N4O4S/c1-3-14-11(19)8(2)15-10(18)7-22-13-17-16-12(21-13)9-5-4-6-20-9/h4-6,8H,3,7H2,1-2H3,(H,14,19)(H,15,18)/t8-/m1/s1. The van der Waals surface area contributed by atoms with E-state index in [9.17, 15) is 9.59 Å². The number of thioether (sulfide) groups is 1. The molecule has 0 aliphatic carbocycles. The number of aromatic nitrogens is 2. The van der Waals surface area contributed by atoms with E-state index in [1.54, 1.807) is 19.1 Å². The van der Waals surface area contributed by atoms with E-state index >= 15 is 0 Å². The van der Waals surface area contributed by atoms with Crippen molar-refractivity contribution in [3.8, 4) is 11.7 Å². The second-order valence-corrected chi connectivity index (χ2v) is 5.25. The molecule has 2 rings (SSSR count). The first-order valence-electron chi connectivity index (χ1n) is 6.67. The first-order chi connectivity index (χ1) is 10.6. The van der Waals surface area contributed by atoms with E-state index in [4.69, 9.17) is 8.83 Å². The maximum Gasteiger partial charge on any atom is 0.284 e. The third-order valence-electron chi connectivity index (χ3n) is 2.59. The number of hydrogen-bond acceptors (Lipinski definition) is 7. The number of rotatable bonds is 7. The Labute approximate surface area is 131 Å². The number of likely N-dealkylation sites (N-methyl/N-ethyl adjacent to an activating group) is 1. The Balaban J connectivity index is 1.80. The van der Waals surface area contributed by atoms with Crippen molar-refractivity contribution in [3.63, 3.8) is 0 Å². The fourth-order valence-electron chi connectivity index (χ4n) is 1.57. The fourth-order valence-corrected chi connectivity index (χ4v) is 2.15. The largest absolute Gasteiger partial charge is 0.459 e. The summed E-state index contributed by atoms with van der Waals surface area (Å²) in [4.78, 5) is 23.3. The summed E-state index contributed by atoms with van der Waals surface area (Å²) in [5.74, 6) is 0.279. The van der Waals surface area contributed by atoms with Gasteiger partial charge in [0, 0.05) is 6.54 Å². The molecule has 2 N–H and O–H groups in total. The molecule has 118 valence electrons. The average molecular weight is 324 g/mol. The molecule has 2 aromatic heterocycles. The summed E-state index contributed by atoms with van der Waals surface area (Å²) in [6.07, 6.45) is 1.50. The van der Waals surface area contributed by atoms with Crippen LogP contribution in [0.25, 0.3) is 11.7 Å². The third kappa shape index (κ3) is 4.35. The fraction of sp³-hybridized carbons (Fsp3) is 0.385. The van der Waals surface area contributed by atoms with Crippen LogP contribution < -0.4 is 10.6 Å².